The number of ether oxygens (including phenoxy) is 1. The van der Waals surface area contributed by atoms with Crippen LogP contribution in [-0.4, -0.2) is 34.6 Å². The van der Waals surface area contributed by atoms with Crippen molar-refractivity contribution in [2.45, 2.75) is 32.7 Å². The molecule has 1 aromatic heterocycles. The lowest BCUT2D eigenvalue weighted by molar-refractivity contribution is -0.131. The first-order valence-electron chi connectivity index (χ1n) is 9.48. The Morgan fingerprint density at radius 2 is 1.86 bits per heavy atom. The zero-order valence-electron chi connectivity index (χ0n) is 16.3. The van der Waals surface area contributed by atoms with Crippen molar-refractivity contribution in [1.29, 1.82) is 0 Å². The lowest BCUT2D eigenvalue weighted by Gasteiger charge is -2.22. The number of methoxy groups -OCH3 is 1. The summed E-state index contributed by atoms with van der Waals surface area (Å²) in [5, 5.41) is 4.02. The zero-order valence-corrected chi connectivity index (χ0v) is 16.3. The Hall–Kier alpha value is -3.15. The van der Waals surface area contributed by atoms with E-state index in [4.69, 9.17) is 9.26 Å². The molecule has 0 fully saturated rings. The van der Waals surface area contributed by atoms with E-state index in [0.717, 1.165) is 29.8 Å². The number of aryl methyl sites for hydroxylation is 1. The number of hydrogen-bond donors (Lipinski definition) is 0. The van der Waals surface area contributed by atoms with Crippen LogP contribution in [-0.2, 0) is 17.8 Å². The van der Waals surface area contributed by atoms with Crippen LogP contribution in [0.2, 0.25) is 0 Å². The lowest BCUT2D eigenvalue weighted by atomic mass is 10.2. The first-order chi connectivity index (χ1) is 13.7. The molecule has 3 aromatic rings. The fourth-order valence-corrected chi connectivity index (χ4v) is 2.95. The SMILES string of the molecule is CCCN(Cc1ccccc1)C(=O)CCc1nc(-c2ccc(OC)cc2)no1. The van der Waals surface area contributed by atoms with Crippen LogP contribution in [0.5, 0.6) is 5.75 Å². The summed E-state index contributed by atoms with van der Waals surface area (Å²) in [7, 11) is 1.62. The van der Waals surface area contributed by atoms with E-state index in [9.17, 15) is 4.79 Å². The molecular weight excluding hydrogens is 354 g/mol. The van der Waals surface area contributed by atoms with Gasteiger partial charge in [0.15, 0.2) is 0 Å². The molecule has 0 radical (unpaired) electrons. The monoisotopic (exact) mass is 379 g/mol. The molecule has 0 saturated heterocycles. The second-order valence-corrected chi connectivity index (χ2v) is 6.54. The van der Waals surface area contributed by atoms with Crippen molar-refractivity contribution in [2.24, 2.45) is 0 Å². The van der Waals surface area contributed by atoms with E-state index in [1.54, 1.807) is 7.11 Å². The van der Waals surface area contributed by atoms with E-state index < -0.39 is 0 Å². The van der Waals surface area contributed by atoms with Crippen LogP contribution in [0.15, 0.2) is 59.1 Å². The van der Waals surface area contributed by atoms with E-state index in [1.807, 2.05) is 59.5 Å². The maximum atomic E-state index is 12.7. The molecule has 146 valence electrons. The van der Waals surface area contributed by atoms with Crippen molar-refractivity contribution in [2.75, 3.05) is 13.7 Å². The number of benzene rings is 2. The first-order valence-corrected chi connectivity index (χ1v) is 9.48. The molecule has 0 aliphatic heterocycles. The van der Waals surface area contributed by atoms with Crippen LogP contribution < -0.4 is 4.74 Å². The number of carbonyl (C=O) groups is 1. The summed E-state index contributed by atoms with van der Waals surface area (Å²) in [6, 6.07) is 17.5. The number of hydrogen-bond acceptors (Lipinski definition) is 5. The Labute approximate surface area is 165 Å². The van der Waals surface area contributed by atoms with Crippen LogP contribution in [0.1, 0.15) is 31.2 Å². The fraction of sp³-hybridized carbons (Fsp3) is 0.318. The number of carbonyl (C=O) groups excluding carboxylic acids is 1. The van der Waals surface area contributed by atoms with Crippen LogP contribution in [0.3, 0.4) is 0 Å². The molecule has 0 N–H and O–H groups in total. The van der Waals surface area contributed by atoms with Gasteiger partial charge in [-0.05, 0) is 36.2 Å². The largest absolute Gasteiger partial charge is 0.497 e. The molecule has 0 unspecified atom stereocenters. The smallest absolute Gasteiger partial charge is 0.227 e. The third-order valence-corrected chi connectivity index (χ3v) is 4.43. The van der Waals surface area contributed by atoms with Crippen LogP contribution in [0.4, 0.5) is 0 Å². The van der Waals surface area contributed by atoms with E-state index in [1.165, 1.54) is 0 Å². The third kappa shape index (κ3) is 5.19. The van der Waals surface area contributed by atoms with Crippen molar-refractivity contribution in [3.63, 3.8) is 0 Å². The van der Waals surface area contributed by atoms with Crippen molar-refractivity contribution >= 4 is 5.91 Å². The van der Waals surface area contributed by atoms with Crippen LogP contribution in [0.25, 0.3) is 11.4 Å². The molecule has 3 rings (SSSR count). The van der Waals surface area contributed by atoms with Crippen molar-refractivity contribution in [1.82, 2.24) is 15.0 Å². The van der Waals surface area contributed by atoms with Gasteiger partial charge in [0.25, 0.3) is 0 Å². The molecule has 28 heavy (non-hydrogen) atoms. The van der Waals surface area contributed by atoms with Gasteiger partial charge in [-0.15, -0.1) is 0 Å². The normalized spacial score (nSPS) is 10.6. The Kier molecular flexibility index (Phi) is 6.78. The zero-order chi connectivity index (χ0) is 19.8. The van der Waals surface area contributed by atoms with Gasteiger partial charge >= 0.3 is 0 Å². The van der Waals surface area contributed by atoms with E-state index in [2.05, 4.69) is 17.1 Å². The van der Waals surface area contributed by atoms with Gasteiger partial charge in [-0.2, -0.15) is 4.98 Å². The maximum Gasteiger partial charge on any atom is 0.227 e. The molecule has 6 heteroatoms. The second kappa shape index (κ2) is 9.69. The molecule has 0 bridgehead atoms. The Bertz CT molecular complexity index is 876. The van der Waals surface area contributed by atoms with Crippen LogP contribution in [0, 0.1) is 0 Å². The number of nitrogens with zero attached hydrogens (tertiary/aromatic N) is 3. The minimum atomic E-state index is 0.0925. The summed E-state index contributed by atoms with van der Waals surface area (Å²) in [6.07, 6.45) is 1.69. The Morgan fingerprint density at radius 1 is 1.11 bits per heavy atom. The van der Waals surface area contributed by atoms with Gasteiger partial charge in [0.2, 0.25) is 17.6 Å². The highest BCUT2D eigenvalue weighted by molar-refractivity contribution is 5.76. The van der Waals surface area contributed by atoms with Gasteiger partial charge in [0.1, 0.15) is 5.75 Å². The molecular formula is C22H25N3O3. The number of amides is 1. The van der Waals surface area contributed by atoms with Crippen molar-refractivity contribution < 1.29 is 14.1 Å². The van der Waals surface area contributed by atoms with Gasteiger partial charge < -0.3 is 14.2 Å². The van der Waals surface area contributed by atoms with E-state index in [0.29, 0.717) is 31.1 Å². The number of aromatic nitrogens is 2. The molecule has 2 aromatic carbocycles. The fourth-order valence-electron chi connectivity index (χ4n) is 2.95. The molecule has 0 atom stereocenters. The lowest BCUT2D eigenvalue weighted by Crippen LogP contribution is -2.31. The summed E-state index contributed by atoms with van der Waals surface area (Å²) in [4.78, 5) is 19.0. The Balaban J connectivity index is 1.59. The minimum absolute atomic E-state index is 0.0925. The first kappa shape index (κ1) is 19.6. The standard InChI is InChI=1S/C22H25N3O3/c1-3-15-25(16-17-7-5-4-6-8-17)21(26)14-13-20-23-22(24-28-20)18-9-11-19(27-2)12-10-18/h4-12H,3,13-16H2,1-2H3. The van der Waals surface area contributed by atoms with Gasteiger partial charge in [-0.25, -0.2) is 0 Å². The molecule has 0 saturated carbocycles. The van der Waals surface area contributed by atoms with E-state index in [-0.39, 0.29) is 5.91 Å². The molecule has 6 nitrogen and oxygen atoms in total. The quantitative estimate of drug-likeness (QED) is 0.559. The highest BCUT2D eigenvalue weighted by Gasteiger charge is 2.16. The average Bonchev–Trinajstić information content (AvgIpc) is 3.21. The number of rotatable bonds is 9. The predicted octanol–water partition coefficient (Wildman–Crippen LogP) is 4.12. The summed E-state index contributed by atoms with van der Waals surface area (Å²) < 4.78 is 10.5. The summed E-state index contributed by atoms with van der Waals surface area (Å²) in [5.74, 6) is 1.84. The van der Waals surface area contributed by atoms with Crippen LogP contribution >= 0.6 is 0 Å². The van der Waals surface area contributed by atoms with Gasteiger partial charge in [0.05, 0.1) is 7.11 Å². The Morgan fingerprint density at radius 3 is 2.54 bits per heavy atom. The predicted molar refractivity (Wildman–Crippen MR) is 107 cm³/mol. The topological polar surface area (TPSA) is 68.5 Å². The molecule has 1 amide bonds. The molecule has 0 aliphatic carbocycles. The van der Waals surface area contributed by atoms with Gasteiger partial charge in [0, 0.05) is 31.5 Å². The second-order valence-electron chi connectivity index (χ2n) is 6.54. The van der Waals surface area contributed by atoms with Crippen molar-refractivity contribution in [3.05, 3.63) is 66.1 Å². The third-order valence-electron chi connectivity index (χ3n) is 4.43. The van der Waals surface area contributed by atoms with Gasteiger partial charge in [-0.3, -0.25) is 4.79 Å². The summed E-state index contributed by atoms with van der Waals surface area (Å²) in [6.45, 7) is 3.42. The molecule has 0 spiro atoms. The average molecular weight is 379 g/mol. The summed E-state index contributed by atoms with van der Waals surface area (Å²) >= 11 is 0. The van der Waals surface area contributed by atoms with Crippen molar-refractivity contribution in [3.8, 4) is 17.1 Å². The highest BCUT2D eigenvalue weighted by atomic mass is 16.5. The van der Waals surface area contributed by atoms with E-state index >= 15 is 0 Å². The minimum Gasteiger partial charge on any atom is -0.497 e. The summed E-state index contributed by atoms with van der Waals surface area (Å²) in [5.41, 5.74) is 1.97. The molecule has 0 aliphatic rings. The van der Waals surface area contributed by atoms with Gasteiger partial charge in [-0.1, -0.05) is 42.4 Å². The highest BCUT2D eigenvalue weighted by Crippen LogP contribution is 2.20. The maximum absolute atomic E-state index is 12.7. The molecule has 1 heterocycles.